The Hall–Kier alpha value is -4.01. The molecule has 3 aliphatic rings. The summed E-state index contributed by atoms with van der Waals surface area (Å²) < 4.78 is 11.5. The average Bonchev–Trinajstić information content (AvgIpc) is 3.31. The van der Waals surface area contributed by atoms with Gasteiger partial charge in [0.1, 0.15) is 29.0 Å². The Bertz CT molecular complexity index is 1520. The minimum Gasteiger partial charge on any atom is -0.496 e. The van der Waals surface area contributed by atoms with E-state index in [9.17, 15) is 24.3 Å². The highest BCUT2D eigenvalue weighted by Crippen LogP contribution is 2.45. The summed E-state index contributed by atoms with van der Waals surface area (Å²) in [7, 11) is 1.56. The van der Waals surface area contributed by atoms with Crippen molar-refractivity contribution in [2.75, 3.05) is 13.7 Å². The number of carbonyl (C=O) groups excluding carboxylic acids is 3. The molecule has 1 aromatic carbocycles. The molecule has 1 aromatic heterocycles. The number of methoxy groups -OCH3 is 1. The molecule has 0 unspecified atom stereocenters. The standard InChI is InChI=1S/C31H40BrN7O7/c1-30(2,3)46-29(44)33-22-11-9-7-5-6-8-10-19-16-31(19,28(42)43)34-26(40)23-15-20(17-38(23)27(22)41)39-36-25(35-37-39)18-12-13-24(45-4)21(32)14-18/h8,10,12-14,19-20,22-23H,5-7,9,11,15-17H2,1-4H3,(H,33,44)(H,34,40)(H,42,43)/b10-8-/t19-,20+,22-,23+,31+/m1/s1. The summed E-state index contributed by atoms with van der Waals surface area (Å²) in [5.74, 6) is -1.53. The molecule has 3 heterocycles. The van der Waals surface area contributed by atoms with Crippen LogP contribution in [0, 0.1) is 5.92 Å². The van der Waals surface area contributed by atoms with Crippen molar-refractivity contribution in [1.82, 2.24) is 35.7 Å². The molecule has 3 amide bonds. The Labute approximate surface area is 275 Å². The number of tetrazole rings is 1. The van der Waals surface area contributed by atoms with Gasteiger partial charge in [-0.3, -0.25) is 9.59 Å². The molecule has 0 spiro atoms. The van der Waals surface area contributed by atoms with E-state index >= 15 is 0 Å². The third-order valence-electron chi connectivity index (χ3n) is 8.49. The number of alkyl carbamates (subject to hydrolysis) is 1. The van der Waals surface area contributed by atoms with Crippen molar-refractivity contribution in [3.05, 3.63) is 34.8 Å². The zero-order chi connectivity index (χ0) is 33.2. The van der Waals surface area contributed by atoms with E-state index in [2.05, 4.69) is 42.0 Å². The van der Waals surface area contributed by atoms with Gasteiger partial charge in [-0.2, -0.15) is 4.80 Å². The number of hydrogen-bond donors (Lipinski definition) is 3. The maximum atomic E-state index is 14.2. The smallest absolute Gasteiger partial charge is 0.408 e. The number of benzene rings is 1. The van der Waals surface area contributed by atoms with E-state index < -0.39 is 53.1 Å². The lowest BCUT2D eigenvalue weighted by Gasteiger charge is -2.30. The molecule has 5 atom stereocenters. The van der Waals surface area contributed by atoms with E-state index in [0.717, 1.165) is 19.3 Å². The number of nitrogens with one attached hydrogen (secondary N) is 2. The van der Waals surface area contributed by atoms with Crippen LogP contribution in [0.2, 0.25) is 0 Å². The summed E-state index contributed by atoms with van der Waals surface area (Å²) in [5.41, 5.74) is -1.53. The molecule has 1 saturated heterocycles. The monoisotopic (exact) mass is 701 g/mol. The van der Waals surface area contributed by atoms with Gasteiger partial charge in [-0.1, -0.05) is 25.0 Å². The Kier molecular flexibility index (Phi) is 9.70. The molecular weight excluding hydrogens is 662 g/mol. The van der Waals surface area contributed by atoms with Crippen LogP contribution < -0.4 is 15.4 Å². The summed E-state index contributed by atoms with van der Waals surface area (Å²) in [6, 6.07) is 2.83. The number of aromatic nitrogens is 4. The minimum absolute atomic E-state index is 0.0505. The molecule has 2 aromatic rings. The third kappa shape index (κ3) is 7.34. The predicted molar refractivity (Wildman–Crippen MR) is 169 cm³/mol. The van der Waals surface area contributed by atoms with E-state index in [4.69, 9.17) is 9.47 Å². The number of carboxylic acid groups (broad SMARTS) is 1. The van der Waals surface area contributed by atoms with Crippen LogP contribution in [0.25, 0.3) is 11.4 Å². The van der Waals surface area contributed by atoms with Gasteiger partial charge in [0.2, 0.25) is 17.6 Å². The van der Waals surface area contributed by atoms with Crippen molar-refractivity contribution in [2.45, 2.75) is 95.0 Å². The molecule has 1 aliphatic carbocycles. The van der Waals surface area contributed by atoms with Crippen molar-refractivity contribution in [2.24, 2.45) is 5.92 Å². The molecule has 2 aliphatic heterocycles. The second-order valence-corrected chi connectivity index (χ2v) is 13.9. The number of fused-ring (bicyclic) bond motifs is 2. The first-order chi connectivity index (χ1) is 21.8. The van der Waals surface area contributed by atoms with Gasteiger partial charge in [0, 0.05) is 24.4 Å². The summed E-state index contributed by atoms with van der Waals surface area (Å²) in [4.78, 5) is 56.0. The van der Waals surface area contributed by atoms with Gasteiger partial charge < -0.3 is 30.1 Å². The zero-order valence-corrected chi connectivity index (χ0v) is 27.9. The Balaban J connectivity index is 1.44. The Morgan fingerprint density at radius 2 is 1.98 bits per heavy atom. The maximum Gasteiger partial charge on any atom is 0.408 e. The van der Waals surface area contributed by atoms with Crippen molar-refractivity contribution in [1.29, 1.82) is 0 Å². The van der Waals surface area contributed by atoms with Crippen molar-refractivity contribution in [3.63, 3.8) is 0 Å². The van der Waals surface area contributed by atoms with E-state index in [-0.39, 0.29) is 25.3 Å². The van der Waals surface area contributed by atoms with Crippen LogP contribution in [0.3, 0.4) is 0 Å². The molecule has 1 saturated carbocycles. The van der Waals surface area contributed by atoms with E-state index in [0.29, 0.717) is 34.5 Å². The highest BCUT2D eigenvalue weighted by Gasteiger charge is 2.61. The lowest BCUT2D eigenvalue weighted by atomic mass is 10.0. The fourth-order valence-electron chi connectivity index (χ4n) is 6.00. The van der Waals surface area contributed by atoms with Crippen LogP contribution in [0.4, 0.5) is 4.79 Å². The molecule has 0 bridgehead atoms. The number of carbonyl (C=O) groups is 4. The van der Waals surface area contributed by atoms with Gasteiger partial charge in [-0.25, -0.2) is 9.59 Å². The van der Waals surface area contributed by atoms with Crippen LogP contribution >= 0.6 is 15.9 Å². The van der Waals surface area contributed by atoms with E-state index in [1.165, 1.54) is 9.70 Å². The molecule has 248 valence electrons. The number of carboxylic acids is 1. The molecule has 5 rings (SSSR count). The largest absolute Gasteiger partial charge is 0.496 e. The zero-order valence-electron chi connectivity index (χ0n) is 26.4. The first-order valence-electron chi connectivity index (χ1n) is 15.5. The van der Waals surface area contributed by atoms with Crippen molar-refractivity contribution in [3.8, 4) is 17.1 Å². The lowest BCUT2D eigenvalue weighted by Crippen LogP contribution is -2.56. The molecular formula is C31H40BrN7O7. The number of halogens is 1. The Morgan fingerprint density at radius 3 is 2.67 bits per heavy atom. The maximum absolute atomic E-state index is 14.2. The number of rotatable bonds is 5. The van der Waals surface area contributed by atoms with E-state index in [1.54, 1.807) is 46.1 Å². The van der Waals surface area contributed by atoms with Crippen LogP contribution in [0.1, 0.15) is 71.8 Å². The van der Waals surface area contributed by atoms with Crippen LogP contribution in [0.5, 0.6) is 5.75 Å². The fraction of sp³-hybridized carbons (Fsp3) is 0.581. The topological polar surface area (TPSA) is 178 Å². The number of aliphatic carboxylic acids is 1. The number of hydrogen-bond acceptors (Lipinski definition) is 9. The normalized spacial score (nSPS) is 27.7. The number of nitrogens with zero attached hydrogens (tertiary/aromatic N) is 5. The molecule has 14 nitrogen and oxygen atoms in total. The first kappa shape index (κ1) is 33.4. The van der Waals surface area contributed by atoms with Crippen molar-refractivity contribution >= 4 is 39.8 Å². The third-order valence-corrected chi connectivity index (χ3v) is 9.11. The van der Waals surface area contributed by atoms with Crippen LogP contribution in [-0.4, -0.2) is 91.0 Å². The molecule has 0 radical (unpaired) electrons. The van der Waals surface area contributed by atoms with Crippen LogP contribution in [-0.2, 0) is 19.1 Å². The Morgan fingerprint density at radius 1 is 1.20 bits per heavy atom. The summed E-state index contributed by atoms with van der Waals surface area (Å²) in [6.07, 6.45) is 6.85. The van der Waals surface area contributed by atoms with Gasteiger partial charge >= 0.3 is 12.1 Å². The van der Waals surface area contributed by atoms with Crippen molar-refractivity contribution < 1.29 is 33.8 Å². The number of amides is 3. The van der Waals surface area contributed by atoms with Gasteiger partial charge in [0.15, 0.2) is 0 Å². The second kappa shape index (κ2) is 13.4. The molecule has 46 heavy (non-hydrogen) atoms. The molecule has 15 heteroatoms. The van der Waals surface area contributed by atoms with Gasteiger partial charge in [-0.05, 0) is 85.8 Å². The molecule has 3 N–H and O–H groups in total. The molecule has 2 fully saturated rings. The quantitative estimate of drug-likeness (QED) is 0.390. The summed E-state index contributed by atoms with van der Waals surface area (Å²) in [5, 5.41) is 28.6. The predicted octanol–water partition coefficient (Wildman–Crippen LogP) is 3.63. The number of allylic oxidation sites excluding steroid dienone is 1. The van der Waals surface area contributed by atoms with Gasteiger partial charge in [-0.15, -0.1) is 10.2 Å². The highest BCUT2D eigenvalue weighted by atomic mass is 79.9. The average molecular weight is 703 g/mol. The fourth-order valence-corrected chi connectivity index (χ4v) is 6.54. The summed E-state index contributed by atoms with van der Waals surface area (Å²) in [6.45, 7) is 5.25. The first-order valence-corrected chi connectivity index (χ1v) is 16.3. The number of ether oxygens (including phenoxy) is 2. The van der Waals surface area contributed by atoms with Gasteiger partial charge in [0.05, 0.1) is 17.6 Å². The van der Waals surface area contributed by atoms with Crippen LogP contribution in [0.15, 0.2) is 34.8 Å². The minimum atomic E-state index is -1.44. The van der Waals surface area contributed by atoms with E-state index in [1.807, 2.05) is 12.2 Å². The SMILES string of the molecule is COc1ccc(-c2nnn([C@H]3C[C@H]4C(=O)N[C@@]5(C(=O)O)C[C@H]5/C=C\CCCCC[C@@H](NC(=O)OC(C)(C)C)C(=O)N4C3)n2)cc1Br. The second-order valence-electron chi connectivity index (χ2n) is 13.0. The summed E-state index contributed by atoms with van der Waals surface area (Å²) >= 11 is 3.46. The highest BCUT2D eigenvalue weighted by molar-refractivity contribution is 9.10. The van der Waals surface area contributed by atoms with Gasteiger partial charge in [0.25, 0.3) is 0 Å². The lowest BCUT2D eigenvalue weighted by molar-refractivity contribution is -0.145.